The Morgan fingerprint density at radius 1 is 1.24 bits per heavy atom. The van der Waals surface area contributed by atoms with Gasteiger partial charge in [-0.2, -0.15) is 0 Å². The first kappa shape index (κ1) is 21.0. The van der Waals surface area contributed by atoms with Crippen molar-refractivity contribution < 1.29 is 19.0 Å². The maximum absolute atomic E-state index is 14.9. The molecule has 0 aliphatic heterocycles. The quantitative estimate of drug-likeness (QED) is 0.337. The van der Waals surface area contributed by atoms with Gasteiger partial charge in [0.25, 0.3) is 0 Å². The Morgan fingerprint density at radius 2 is 2.00 bits per heavy atom. The van der Waals surface area contributed by atoms with E-state index in [0.717, 1.165) is 6.26 Å². The molecule has 0 aliphatic rings. The van der Waals surface area contributed by atoms with Gasteiger partial charge >= 0.3 is 5.97 Å². The van der Waals surface area contributed by atoms with Gasteiger partial charge in [0.05, 0.1) is 18.4 Å². The standard InChI is InChI=1S/C21H14Cl2FNO3S/c1-28-10-16(21(26)27)14-5-3-2-4-12(14)8-18(24)19-11-29-20(25-19)15-7-6-13(22)9-17(15)23/h2-11H,1H3,(H,26,27)/b16-10-,18-8-. The van der Waals surface area contributed by atoms with Crippen LogP contribution >= 0.6 is 34.5 Å². The van der Waals surface area contributed by atoms with Crippen LogP contribution in [-0.2, 0) is 9.53 Å². The van der Waals surface area contributed by atoms with Crippen molar-refractivity contribution in [3.05, 3.63) is 81.0 Å². The number of carbonyl (C=O) groups is 1. The molecular formula is C21H14Cl2FNO3S. The summed E-state index contributed by atoms with van der Waals surface area (Å²) >= 11 is 13.3. The fourth-order valence-corrected chi connectivity index (χ4v) is 3.99. The molecule has 0 spiro atoms. The average Bonchev–Trinajstić information content (AvgIpc) is 3.16. The van der Waals surface area contributed by atoms with Crippen LogP contribution in [0.15, 0.2) is 54.1 Å². The fraction of sp³-hybridized carbons (Fsp3) is 0.0476. The van der Waals surface area contributed by atoms with Gasteiger partial charge in [-0.3, -0.25) is 0 Å². The summed E-state index contributed by atoms with van der Waals surface area (Å²) in [7, 11) is 1.35. The zero-order valence-corrected chi connectivity index (χ0v) is 17.4. The van der Waals surface area contributed by atoms with Crippen molar-refractivity contribution in [2.24, 2.45) is 0 Å². The van der Waals surface area contributed by atoms with E-state index in [9.17, 15) is 14.3 Å². The molecule has 148 valence electrons. The molecule has 0 saturated carbocycles. The molecule has 0 bridgehead atoms. The van der Waals surface area contributed by atoms with Gasteiger partial charge in [0.15, 0.2) is 0 Å². The molecule has 3 rings (SSSR count). The normalized spacial score (nSPS) is 12.1. The zero-order valence-electron chi connectivity index (χ0n) is 15.0. The first-order valence-electron chi connectivity index (χ1n) is 8.25. The summed E-state index contributed by atoms with van der Waals surface area (Å²) in [6.45, 7) is 0. The van der Waals surface area contributed by atoms with Gasteiger partial charge in [-0.15, -0.1) is 11.3 Å². The summed E-state index contributed by atoms with van der Waals surface area (Å²) in [5.41, 5.74) is 1.40. The highest BCUT2D eigenvalue weighted by molar-refractivity contribution is 7.13. The lowest BCUT2D eigenvalue weighted by Gasteiger charge is -2.07. The van der Waals surface area contributed by atoms with Gasteiger partial charge < -0.3 is 9.84 Å². The third-order valence-electron chi connectivity index (χ3n) is 3.91. The number of aliphatic carboxylic acids is 1. The summed E-state index contributed by atoms with van der Waals surface area (Å²) in [4.78, 5) is 15.8. The summed E-state index contributed by atoms with van der Waals surface area (Å²) in [5.74, 6) is -1.78. The van der Waals surface area contributed by atoms with Crippen molar-refractivity contribution in [2.45, 2.75) is 0 Å². The minimum atomic E-state index is -1.18. The first-order chi connectivity index (χ1) is 13.9. The lowest BCUT2D eigenvalue weighted by atomic mass is 10.00. The molecule has 1 aromatic heterocycles. The van der Waals surface area contributed by atoms with Crippen LogP contribution in [0.4, 0.5) is 4.39 Å². The van der Waals surface area contributed by atoms with Crippen molar-refractivity contribution in [1.29, 1.82) is 0 Å². The molecule has 29 heavy (non-hydrogen) atoms. The number of thiazole rings is 1. The molecule has 4 nitrogen and oxygen atoms in total. The Hall–Kier alpha value is -2.67. The lowest BCUT2D eigenvalue weighted by molar-refractivity contribution is -0.130. The van der Waals surface area contributed by atoms with E-state index in [0.29, 0.717) is 31.7 Å². The molecule has 0 saturated heterocycles. The van der Waals surface area contributed by atoms with Crippen LogP contribution in [0.1, 0.15) is 16.8 Å². The van der Waals surface area contributed by atoms with E-state index in [1.54, 1.807) is 47.8 Å². The number of hydrogen-bond acceptors (Lipinski definition) is 4. The molecule has 1 N–H and O–H groups in total. The second-order valence-electron chi connectivity index (χ2n) is 5.81. The van der Waals surface area contributed by atoms with Gasteiger partial charge in [0.2, 0.25) is 0 Å². The minimum absolute atomic E-state index is 0.0842. The Morgan fingerprint density at radius 3 is 2.69 bits per heavy atom. The largest absolute Gasteiger partial charge is 0.503 e. The average molecular weight is 450 g/mol. The van der Waals surface area contributed by atoms with E-state index in [1.807, 2.05) is 0 Å². The number of hydrogen-bond donors (Lipinski definition) is 1. The Labute approximate surface area is 180 Å². The number of benzene rings is 2. The maximum Gasteiger partial charge on any atom is 0.339 e. The smallest absolute Gasteiger partial charge is 0.339 e. The topological polar surface area (TPSA) is 59.4 Å². The number of halogens is 3. The first-order valence-corrected chi connectivity index (χ1v) is 9.88. The maximum atomic E-state index is 14.9. The highest BCUT2D eigenvalue weighted by Crippen LogP contribution is 2.34. The number of rotatable bonds is 6. The molecule has 0 fully saturated rings. The SMILES string of the molecule is CO/C=C(\C(=O)O)c1ccccc1/C=C(\F)c1csc(-c2ccc(Cl)cc2Cl)n1. The van der Waals surface area contributed by atoms with E-state index >= 15 is 0 Å². The van der Waals surface area contributed by atoms with Crippen LogP contribution in [0.2, 0.25) is 10.0 Å². The Bertz CT molecular complexity index is 1120. The minimum Gasteiger partial charge on any atom is -0.503 e. The number of carboxylic acid groups (broad SMARTS) is 1. The van der Waals surface area contributed by atoms with Gasteiger partial charge in [-0.1, -0.05) is 47.5 Å². The molecular weight excluding hydrogens is 436 g/mol. The van der Waals surface area contributed by atoms with E-state index in [4.69, 9.17) is 27.9 Å². The predicted octanol–water partition coefficient (Wildman–Crippen LogP) is 6.66. The predicted molar refractivity (Wildman–Crippen MR) is 116 cm³/mol. The monoisotopic (exact) mass is 449 g/mol. The Kier molecular flexibility index (Phi) is 6.69. The highest BCUT2D eigenvalue weighted by Gasteiger charge is 2.16. The molecule has 0 amide bonds. The third kappa shape index (κ3) is 4.85. The zero-order chi connectivity index (χ0) is 21.0. The van der Waals surface area contributed by atoms with Gasteiger partial charge in [-0.25, -0.2) is 14.2 Å². The van der Waals surface area contributed by atoms with Crippen LogP contribution in [0.5, 0.6) is 0 Å². The van der Waals surface area contributed by atoms with E-state index in [2.05, 4.69) is 4.98 Å². The lowest BCUT2D eigenvalue weighted by Crippen LogP contribution is -2.02. The molecule has 0 aliphatic carbocycles. The van der Waals surface area contributed by atoms with Crippen LogP contribution in [0, 0.1) is 0 Å². The van der Waals surface area contributed by atoms with Crippen LogP contribution < -0.4 is 0 Å². The van der Waals surface area contributed by atoms with Gasteiger partial charge in [0, 0.05) is 16.0 Å². The molecule has 8 heteroatoms. The molecule has 2 aromatic carbocycles. The van der Waals surface area contributed by atoms with Crippen molar-refractivity contribution in [1.82, 2.24) is 4.98 Å². The summed E-state index contributed by atoms with van der Waals surface area (Å²) in [5, 5.41) is 12.4. The second kappa shape index (κ2) is 9.22. The van der Waals surface area contributed by atoms with Crippen molar-refractivity contribution in [3.63, 3.8) is 0 Å². The number of carboxylic acids is 1. The van der Waals surface area contributed by atoms with Crippen LogP contribution in [0.25, 0.3) is 28.0 Å². The second-order valence-corrected chi connectivity index (χ2v) is 7.52. The van der Waals surface area contributed by atoms with Crippen molar-refractivity contribution in [2.75, 3.05) is 7.11 Å². The number of ether oxygens (including phenoxy) is 1. The number of methoxy groups -OCH3 is 1. The van der Waals surface area contributed by atoms with Crippen molar-refractivity contribution in [3.8, 4) is 10.6 Å². The molecule has 0 radical (unpaired) electrons. The molecule has 1 heterocycles. The number of nitrogens with zero attached hydrogens (tertiary/aromatic N) is 1. The van der Waals surface area contributed by atoms with E-state index in [1.165, 1.54) is 24.5 Å². The van der Waals surface area contributed by atoms with E-state index in [-0.39, 0.29) is 11.3 Å². The molecule has 0 unspecified atom stereocenters. The van der Waals surface area contributed by atoms with Gasteiger partial charge in [-0.05, 0) is 35.4 Å². The van der Waals surface area contributed by atoms with Crippen LogP contribution in [0.3, 0.4) is 0 Å². The summed E-state index contributed by atoms with van der Waals surface area (Å²) in [6, 6.07) is 11.6. The van der Waals surface area contributed by atoms with Crippen molar-refractivity contribution >= 4 is 58.0 Å². The Balaban J connectivity index is 1.98. The van der Waals surface area contributed by atoms with Gasteiger partial charge in [0.1, 0.15) is 22.1 Å². The fourth-order valence-electron chi connectivity index (χ4n) is 2.60. The number of aromatic nitrogens is 1. The highest BCUT2D eigenvalue weighted by atomic mass is 35.5. The molecule has 0 atom stereocenters. The third-order valence-corrected chi connectivity index (χ3v) is 5.33. The van der Waals surface area contributed by atoms with Crippen LogP contribution in [-0.4, -0.2) is 23.2 Å². The summed E-state index contributed by atoms with van der Waals surface area (Å²) in [6.07, 6.45) is 2.35. The van der Waals surface area contributed by atoms with E-state index < -0.39 is 11.8 Å². The summed E-state index contributed by atoms with van der Waals surface area (Å²) < 4.78 is 19.7. The molecule has 3 aromatic rings.